The van der Waals surface area contributed by atoms with E-state index >= 15 is 0 Å². The Morgan fingerprint density at radius 1 is 0.489 bits per heavy atom. The van der Waals surface area contributed by atoms with E-state index in [2.05, 4.69) is 162 Å². The molecule has 9 aromatic rings. The predicted molar refractivity (Wildman–Crippen MR) is 189 cm³/mol. The summed E-state index contributed by atoms with van der Waals surface area (Å²) in [7, 11) is 0. The third kappa shape index (κ3) is 4.25. The largest absolute Gasteiger partial charge is 0.456 e. The van der Waals surface area contributed by atoms with Crippen LogP contribution in [0.3, 0.4) is 0 Å². The molecule has 2 heteroatoms. The van der Waals surface area contributed by atoms with E-state index in [1.165, 1.54) is 49.3 Å². The van der Waals surface area contributed by atoms with Gasteiger partial charge in [0.05, 0.1) is 11.0 Å². The molecule has 2 heterocycles. The Kier molecular flexibility index (Phi) is 6.05. The predicted octanol–water partition coefficient (Wildman–Crippen LogP) is 11.6. The van der Waals surface area contributed by atoms with E-state index in [1.54, 1.807) is 0 Å². The molecule has 214 valence electrons. The van der Waals surface area contributed by atoms with Crippen LogP contribution >= 0.6 is 0 Å². The van der Waals surface area contributed by atoms with Crippen molar-refractivity contribution < 1.29 is 4.42 Å². The molecule has 0 fully saturated rings. The monoisotopic (exact) mass is 577 g/mol. The van der Waals surface area contributed by atoms with E-state index < -0.39 is 0 Å². The van der Waals surface area contributed by atoms with Crippen molar-refractivity contribution in [3.63, 3.8) is 0 Å². The first-order chi connectivity index (χ1) is 22.3. The molecular formula is C43H31NO. The number of rotatable bonds is 6. The average Bonchev–Trinajstić information content (AvgIpc) is 3.65. The van der Waals surface area contributed by atoms with Crippen molar-refractivity contribution >= 4 is 54.5 Å². The molecule has 0 saturated heterocycles. The Morgan fingerprint density at radius 2 is 1.11 bits per heavy atom. The molecule has 0 saturated carbocycles. The summed E-state index contributed by atoms with van der Waals surface area (Å²) in [5.74, 6) is 0.118. The molecule has 45 heavy (non-hydrogen) atoms. The molecule has 0 amide bonds. The highest BCUT2D eigenvalue weighted by Gasteiger charge is 2.24. The minimum atomic E-state index is 0.118. The van der Waals surface area contributed by atoms with Crippen LogP contribution in [0.4, 0.5) is 0 Å². The summed E-state index contributed by atoms with van der Waals surface area (Å²) in [6.45, 7) is 0. The highest BCUT2D eigenvalue weighted by atomic mass is 16.3. The van der Waals surface area contributed by atoms with E-state index in [9.17, 15) is 0 Å². The Balaban J connectivity index is 1.36. The quantitative estimate of drug-likeness (QED) is 0.192. The number of hydrogen-bond acceptors (Lipinski definition) is 1. The van der Waals surface area contributed by atoms with Crippen molar-refractivity contribution in [1.82, 2.24) is 4.57 Å². The minimum Gasteiger partial charge on any atom is -0.456 e. The molecule has 0 radical (unpaired) electrons. The third-order valence-electron chi connectivity index (χ3n) is 9.47. The topological polar surface area (TPSA) is 18.1 Å². The summed E-state index contributed by atoms with van der Waals surface area (Å²) < 4.78 is 9.23. The lowest BCUT2D eigenvalue weighted by molar-refractivity contribution is 0.646. The Bertz CT molecular complexity index is 2440. The number of hydrogen-bond donors (Lipinski definition) is 0. The van der Waals surface area contributed by atoms with Crippen LogP contribution in [-0.4, -0.2) is 4.57 Å². The summed E-state index contributed by atoms with van der Waals surface area (Å²) in [5, 5.41) is 7.40. The zero-order valence-corrected chi connectivity index (χ0v) is 24.9. The molecule has 0 spiro atoms. The summed E-state index contributed by atoms with van der Waals surface area (Å²) in [6.07, 6.45) is 1.93. The van der Waals surface area contributed by atoms with E-state index in [1.807, 2.05) is 0 Å². The van der Waals surface area contributed by atoms with Gasteiger partial charge in [0.2, 0.25) is 0 Å². The van der Waals surface area contributed by atoms with Crippen molar-refractivity contribution in [3.8, 4) is 5.69 Å². The number of nitrogens with zero attached hydrogens (tertiary/aromatic N) is 1. The summed E-state index contributed by atoms with van der Waals surface area (Å²) >= 11 is 0. The van der Waals surface area contributed by atoms with Gasteiger partial charge in [0.25, 0.3) is 0 Å². The molecule has 2 aromatic heterocycles. The lowest BCUT2D eigenvalue weighted by Crippen LogP contribution is -2.06. The van der Waals surface area contributed by atoms with Crippen molar-refractivity contribution in [2.24, 2.45) is 0 Å². The Morgan fingerprint density at radius 3 is 1.89 bits per heavy atom. The summed E-state index contributed by atoms with van der Waals surface area (Å²) in [6, 6.07) is 57.1. The molecule has 0 bridgehead atoms. The van der Waals surface area contributed by atoms with E-state index in [0.29, 0.717) is 0 Å². The fraction of sp³-hybridized carbons (Fsp3) is 0.0698. The second-order valence-corrected chi connectivity index (χ2v) is 12.0. The second-order valence-electron chi connectivity index (χ2n) is 12.0. The maximum atomic E-state index is 6.79. The van der Waals surface area contributed by atoms with Crippen LogP contribution in [0, 0.1) is 0 Å². The van der Waals surface area contributed by atoms with Crippen molar-refractivity contribution in [2.45, 2.75) is 18.8 Å². The van der Waals surface area contributed by atoms with Crippen molar-refractivity contribution in [2.75, 3.05) is 0 Å². The van der Waals surface area contributed by atoms with Gasteiger partial charge < -0.3 is 8.98 Å². The Hall–Kier alpha value is -5.60. The van der Waals surface area contributed by atoms with Crippen LogP contribution < -0.4 is 0 Å². The highest BCUT2D eigenvalue weighted by molar-refractivity contribution is 6.11. The minimum absolute atomic E-state index is 0.118. The van der Waals surface area contributed by atoms with E-state index in [0.717, 1.165) is 40.5 Å². The lowest BCUT2D eigenvalue weighted by atomic mass is 9.83. The van der Waals surface area contributed by atoms with Gasteiger partial charge in [-0.05, 0) is 65.1 Å². The average molecular weight is 578 g/mol. The number of aryl methyl sites for hydroxylation is 1. The van der Waals surface area contributed by atoms with Crippen LogP contribution in [-0.2, 0) is 6.42 Å². The van der Waals surface area contributed by atoms with Crippen LogP contribution in [0.1, 0.15) is 29.0 Å². The van der Waals surface area contributed by atoms with Gasteiger partial charge in [0, 0.05) is 38.7 Å². The number of benzene rings is 7. The highest BCUT2D eigenvalue weighted by Crippen LogP contribution is 2.43. The molecule has 0 aliphatic rings. The van der Waals surface area contributed by atoms with Crippen LogP contribution in [0.2, 0.25) is 0 Å². The smallest absolute Gasteiger partial charge is 0.139 e. The lowest BCUT2D eigenvalue weighted by Gasteiger charge is -2.22. The summed E-state index contributed by atoms with van der Waals surface area (Å²) in [4.78, 5) is 0. The molecule has 0 N–H and O–H groups in total. The fourth-order valence-electron chi connectivity index (χ4n) is 7.41. The van der Waals surface area contributed by atoms with Gasteiger partial charge in [-0.1, -0.05) is 127 Å². The maximum absolute atomic E-state index is 6.79. The molecule has 2 nitrogen and oxygen atoms in total. The SMILES string of the molecule is c1ccc(CCC(c2cccc3ccccc23)c2cc(-n3c4ccccc4c4ccccc43)cc3c2oc2ccccc23)cc1. The molecule has 7 aromatic carbocycles. The molecule has 9 rings (SSSR count). The van der Waals surface area contributed by atoms with Gasteiger partial charge in [0.1, 0.15) is 11.2 Å². The number of para-hydroxylation sites is 3. The van der Waals surface area contributed by atoms with Gasteiger partial charge in [-0.3, -0.25) is 0 Å². The zero-order chi connectivity index (χ0) is 29.7. The number of furan rings is 1. The van der Waals surface area contributed by atoms with Gasteiger partial charge in [0.15, 0.2) is 0 Å². The fourth-order valence-corrected chi connectivity index (χ4v) is 7.41. The molecule has 0 aliphatic carbocycles. The molecular weight excluding hydrogens is 546 g/mol. The zero-order valence-electron chi connectivity index (χ0n) is 24.9. The van der Waals surface area contributed by atoms with Crippen LogP contribution in [0.25, 0.3) is 60.2 Å². The number of fused-ring (bicyclic) bond motifs is 7. The van der Waals surface area contributed by atoms with Gasteiger partial charge in [-0.15, -0.1) is 0 Å². The first-order valence-corrected chi connectivity index (χ1v) is 15.8. The number of aromatic nitrogens is 1. The molecule has 0 aliphatic heterocycles. The Labute approximate surface area is 261 Å². The maximum Gasteiger partial charge on any atom is 0.139 e. The van der Waals surface area contributed by atoms with E-state index in [-0.39, 0.29) is 5.92 Å². The van der Waals surface area contributed by atoms with E-state index in [4.69, 9.17) is 4.42 Å². The molecule has 1 unspecified atom stereocenters. The first kappa shape index (κ1) is 25.9. The third-order valence-corrected chi connectivity index (χ3v) is 9.47. The van der Waals surface area contributed by atoms with Gasteiger partial charge >= 0.3 is 0 Å². The van der Waals surface area contributed by atoms with Crippen LogP contribution in [0.5, 0.6) is 0 Å². The normalized spacial score (nSPS) is 12.5. The second kappa shape index (κ2) is 10.5. The first-order valence-electron chi connectivity index (χ1n) is 15.8. The van der Waals surface area contributed by atoms with Crippen molar-refractivity contribution in [1.29, 1.82) is 0 Å². The van der Waals surface area contributed by atoms with Crippen LogP contribution in [0.15, 0.2) is 162 Å². The van der Waals surface area contributed by atoms with Gasteiger partial charge in [-0.25, -0.2) is 0 Å². The van der Waals surface area contributed by atoms with Gasteiger partial charge in [-0.2, -0.15) is 0 Å². The summed E-state index contributed by atoms with van der Waals surface area (Å²) in [5.41, 5.74) is 9.40. The van der Waals surface area contributed by atoms with Crippen molar-refractivity contribution in [3.05, 3.63) is 174 Å². The standard InChI is InChI=1S/C43H31NO/c1-2-13-29(14-3-1)25-26-34(33-21-12-16-30-15-4-5-17-32(30)33)38-27-31(28-39-37-20-8-11-24-42(37)45-43(38)39)44-40-22-9-6-18-35(40)36-19-7-10-23-41(36)44/h1-24,27-28,34H,25-26H2. The molecule has 1 atom stereocenters.